The quantitative estimate of drug-likeness (QED) is 0.629. The van der Waals surface area contributed by atoms with Gasteiger partial charge in [-0.15, -0.1) is 0 Å². The van der Waals surface area contributed by atoms with Crippen molar-refractivity contribution in [2.75, 3.05) is 26.0 Å². The lowest BCUT2D eigenvalue weighted by molar-refractivity contribution is 0.247. The number of nitriles is 1. The monoisotopic (exact) mass is 439 g/mol. The van der Waals surface area contributed by atoms with Crippen LogP contribution in [0.25, 0.3) is 22.3 Å². The molecule has 8 nitrogen and oxygen atoms in total. The highest BCUT2D eigenvalue weighted by Gasteiger charge is 2.20. The molecular weight excluding hydrogens is 414 g/mol. The van der Waals surface area contributed by atoms with E-state index in [9.17, 15) is 13.7 Å². The second-order valence-electron chi connectivity index (χ2n) is 7.94. The molecule has 9 heteroatoms. The fourth-order valence-corrected chi connectivity index (χ4v) is 4.81. The highest BCUT2D eigenvalue weighted by Crippen LogP contribution is 2.33. The molecule has 4 rings (SSSR count). The predicted octanol–water partition coefficient (Wildman–Crippen LogP) is 2.68. The molecule has 1 aliphatic heterocycles. The Kier molecular flexibility index (Phi) is 5.94. The van der Waals surface area contributed by atoms with Gasteiger partial charge in [0.15, 0.2) is 9.84 Å². The van der Waals surface area contributed by atoms with Crippen LogP contribution in [0.1, 0.15) is 25.1 Å². The number of nitrogens with zero attached hydrogens (tertiary/aromatic N) is 4. The number of fused-ring (bicyclic) bond motifs is 1. The molecule has 3 aromatic rings. The zero-order chi connectivity index (χ0) is 22.0. The summed E-state index contributed by atoms with van der Waals surface area (Å²) in [5, 5.41) is 13.4. The van der Waals surface area contributed by atoms with Gasteiger partial charge in [-0.05, 0) is 62.5 Å². The van der Waals surface area contributed by atoms with Crippen LogP contribution in [0, 0.1) is 17.2 Å². The van der Waals surface area contributed by atoms with Crippen molar-refractivity contribution in [3.63, 3.8) is 0 Å². The van der Waals surface area contributed by atoms with Gasteiger partial charge in [0.25, 0.3) is 0 Å². The minimum absolute atomic E-state index is 0.0347. The minimum atomic E-state index is -3.53. The van der Waals surface area contributed by atoms with Crippen LogP contribution in [0.2, 0.25) is 0 Å². The lowest BCUT2D eigenvalue weighted by Gasteiger charge is -2.22. The molecule has 0 radical (unpaired) electrons. The van der Waals surface area contributed by atoms with Crippen molar-refractivity contribution in [1.82, 2.24) is 19.9 Å². The molecule has 0 atom stereocenters. The van der Waals surface area contributed by atoms with Crippen molar-refractivity contribution in [3.05, 3.63) is 36.3 Å². The largest absolute Gasteiger partial charge is 0.492 e. The van der Waals surface area contributed by atoms with Gasteiger partial charge in [-0.2, -0.15) is 5.26 Å². The molecule has 2 aromatic heterocycles. The van der Waals surface area contributed by atoms with Crippen LogP contribution in [0.5, 0.6) is 5.75 Å². The Morgan fingerprint density at radius 2 is 2.03 bits per heavy atom. The van der Waals surface area contributed by atoms with E-state index >= 15 is 0 Å². The van der Waals surface area contributed by atoms with Gasteiger partial charge in [-0.25, -0.2) is 18.4 Å². The molecule has 0 amide bonds. The van der Waals surface area contributed by atoms with Crippen LogP contribution in [-0.4, -0.2) is 48.9 Å². The van der Waals surface area contributed by atoms with E-state index in [0.717, 1.165) is 37.7 Å². The van der Waals surface area contributed by atoms with Crippen molar-refractivity contribution < 1.29 is 13.2 Å². The van der Waals surface area contributed by atoms with Crippen LogP contribution < -0.4 is 10.1 Å². The fourth-order valence-electron chi connectivity index (χ4n) is 3.98. The van der Waals surface area contributed by atoms with Gasteiger partial charge < -0.3 is 14.6 Å². The van der Waals surface area contributed by atoms with Gasteiger partial charge in [-0.1, -0.05) is 0 Å². The first-order valence-corrected chi connectivity index (χ1v) is 12.2. The highest BCUT2D eigenvalue weighted by atomic mass is 32.2. The summed E-state index contributed by atoms with van der Waals surface area (Å²) >= 11 is 0. The van der Waals surface area contributed by atoms with Crippen molar-refractivity contribution >= 4 is 20.9 Å². The van der Waals surface area contributed by atoms with E-state index in [2.05, 4.69) is 15.3 Å². The van der Waals surface area contributed by atoms with Gasteiger partial charge in [0.05, 0.1) is 12.3 Å². The van der Waals surface area contributed by atoms with E-state index in [1.807, 2.05) is 25.4 Å². The summed E-state index contributed by atoms with van der Waals surface area (Å²) < 4.78 is 32.7. The third-order valence-corrected chi connectivity index (χ3v) is 6.80. The first kappa shape index (κ1) is 21.3. The smallest absolute Gasteiger partial charge is 0.234 e. The van der Waals surface area contributed by atoms with E-state index < -0.39 is 9.84 Å². The summed E-state index contributed by atoms with van der Waals surface area (Å²) in [5.41, 5.74) is 1.74. The SMILES string of the molecule is Cn1ccc2c(-c3ccc(OCCC4CCNCC4)c(S(C)(=O)=O)c3)nc(C#N)nc21. The third kappa shape index (κ3) is 4.55. The van der Waals surface area contributed by atoms with Crippen LogP contribution >= 0.6 is 0 Å². The Morgan fingerprint density at radius 3 is 2.74 bits per heavy atom. The molecule has 1 aliphatic rings. The molecule has 162 valence electrons. The number of sulfone groups is 1. The van der Waals surface area contributed by atoms with Gasteiger partial charge in [-0.3, -0.25) is 0 Å². The number of piperidine rings is 1. The van der Waals surface area contributed by atoms with E-state index in [4.69, 9.17) is 4.74 Å². The van der Waals surface area contributed by atoms with Crippen LogP contribution in [0.4, 0.5) is 0 Å². The third-order valence-electron chi connectivity index (χ3n) is 5.68. The summed E-state index contributed by atoms with van der Waals surface area (Å²) in [6, 6.07) is 8.87. The topological polar surface area (TPSA) is 110 Å². The Bertz CT molecular complexity index is 1250. The number of rotatable bonds is 6. The highest BCUT2D eigenvalue weighted by molar-refractivity contribution is 7.90. The lowest BCUT2D eigenvalue weighted by Crippen LogP contribution is -2.28. The zero-order valence-electron chi connectivity index (χ0n) is 17.6. The van der Waals surface area contributed by atoms with Crippen molar-refractivity contribution in [3.8, 4) is 23.1 Å². The van der Waals surface area contributed by atoms with E-state index in [1.165, 1.54) is 6.26 Å². The Hall–Kier alpha value is -2.96. The van der Waals surface area contributed by atoms with Gasteiger partial charge in [0.1, 0.15) is 22.4 Å². The number of hydrogen-bond donors (Lipinski definition) is 1. The number of benzene rings is 1. The molecule has 3 heterocycles. The normalized spacial score (nSPS) is 15.1. The maximum atomic E-state index is 12.5. The maximum absolute atomic E-state index is 12.5. The number of aromatic nitrogens is 3. The number of aryl methyl sites for hydroxylation is 1. The van der Waals surface area contributed by atoms with Crippen molar-refractivity contribution in [1.29, 1.82) is 5.26 Å². The minimum Gasteiger partial charge on any atom is -0.492 e. The number of nitrogens with one attached hydrogen (secondary N) is 1. The van der Waals surface area contributed by atoms with Crippen molar-refractivity contribution in [2.45, 2.75) is 24.2 Å². The first-order chi connectivity index (χ1) is 14.9. The Balaban J connectivity index is 1.68. The van der Waals surface area contributed by atoms with Gasteiger partial charge in [0.2, 0.25) is 5.82 Å². The van der Waals surface area contributed by atoms with Crippen LogP contribution in [-0.2, 0) is 16.9 Å². The fraction of sp³-hybridized carbons (Fsp3) is 0.409. The molecule has 1 N–H and O–H groups in total. The molecule has 1 aromatic carbocycles. The Labute approximate surface area is 181 Å². The summed E-state index contributed by atoms with van der Waals surface area (Å²) in [6.07, 6.45) is 6.13. The predicted molar refractivity (Wildman–Crippen MR) is 117 cm³/mol. The average molecular weight is 440 g/mol. The van der Waals surface area contributed by atoms with E-state index in [1.54, 1.807) is 22.8 Å². The molecule has 1 saturated heterocycles. The first-order valence-electron chi connectivity index (χ1n) is 10.3. The van der Waals surface area contributed by atoms with Gasteiger partial charge >= 0.3 is 0 Å². The molecule has 0 saturated carbocycles. The summed E-state index contributed by atoms with van der Waals surface area (Å²) in [5.74, 6) is 0.977. The molecular formula is C22H25N5O3S. The molecule has 31 heavy (non-hydrogen) atoms. The van der Waals surface area contributed by atoms with E-state index in [0.29, 0.717) is 35.2 Å². The summed E-state index contributed by atoms with van der Waals surface area (Å²) in [7, 11) is -1.70. The average Bonchev–Trinajstić information content (AvgIpc) is 3.14. The maximum Gasteiger partial charge on any atom is 0.234 e. The molecule has 0 aliphatic carbocycles. The van der Waals surface area contributed by atoms with Crippen LogP contribution in [0.15, 0.2) is 35.4 Å². The zero-order valence-corrected chi connectivity index (χ0v) is 18.4. The molecule has 1 fully saturated rings. The lowest BCUT2D eigenvalue weighted by atomic mass is 9.95. The molecule has 0 bridgehead atoms. The van der Waals surface area contributed by atoms with Crippen molar-refractivity contribution in [2.24, 2.45) is 13.0 Å². The number of hydrogen-bond acceptors (Lipinski definition) is 7. The second kappa shape index (κ2) is 8.65. The standard InChI is InChI=1S/C22H25N5O3S/c1-27-11-7-17-21(25-20(14-23)26-22(17)27)16-3-4-18(19(13-16)31(2,28)29)30-12-8-15-5-9-24-10-6-15/h3-4,7,11,13,15,24H,5-6,8-10,12H2,1-2H3. The van der Waals surface area contributed by atoms with E-state index in [-0.39, 0.29) is 10.7 Å². The molecule has 0 unspecified atom stereocenters. The summed E-state index contributed by atoms with van der Waals surface area (Å²) in [4.78, 5) is 8.73. The molecule has 0 spiro atoms. The van der Waals surface area contributed by atoms with Gasteiger partial charge in [0, 0.05) is 30.4 Å². The second-order valence-corrected chi connectivity index (χ2v) is 9.92. The van der Waals surface area contributed by atoms with Crippen LogP contribution in [0.3, 0.4) is 0 Å². The number of ether oxygens (including phenoxy) is 1. The Morgan fingerprint density at radius 1 is 1.26 bits per heavy atom. The summed E-state index contributed by atoms with van der Waals surface area (Å²) in [6.45, 7) is 2.51.